The maximum absolute atomic E-state index is 14.9. The molecule has 3 heterocycles. The first kappa shape index (κ1) is 23.9. The Kier molecular flexibility index (Phi) is 6.20. The fourth-order valence-corrected chi connectivity index (χ4v) is 2.97. The molecule has 0 spiro atoms. The van der Waals surface area contributed by atoms with Crippen molar-refractivity contribution in [2.24, 2.45) is 5.41 Å². The van der Waals surface area contributed by atoms with Crippen LogP contribution in [-0.4, -0.2) is 46.6 Å². The van der Waals surface area contributed by atoms with E-state index in [9.17, 15) is 22.4 Å². The fraction of sp³-hybridized carbons (Fsp3) is 0.600. The molecule has 12 heteroatoms. The number of halogens is 4. The molecule has 0 aliphatic carbocycles. The number of aromatic nitrogens is 3. The van der Waals surface area contributed by atoms with Crippen molar-refractivity contribution in [2.45, 2.75) is 58.6 Å². The lowest BCUT2D eigenvalue weighted by Crippen LogP contribution is -2.43. The van der Waals surface area contributed by atoms with Gasteiger partial charge in [-0.3, -0.25) is 9.78 Å². The third kappa shape index (κ3) is 5.00. The molecule has 0 saturated carbocycles. The molecule has 32 heavy (non-hydrogen) atoms. The van der Waals surface area contributed by atoms with Crippen LogP contribution in [-0.2, 0) is 10.4 Å². The zero-order chi connectivity index (χ0) is 23.9. The number of rotatable bonds is 6. The molecule has 0 aromatic carbocycles. The average molecular weight is 460 g/mol. The normalized spacial score (nSPS) is 17.9. The number of pyridine rings is 1. The second-order valence-electron chi connectivity index (χ2n) is 8.76. The Hall–Kier alpha value is -2.76. The van der Waals surface area contributed by atoms with Crippen LogP contribution in [0.1, 0.15) is 61.6 Å². The van der Waals surface area contributed by atoms with Crippen LogP contribution in [0.3, 0.4) is 0 Å². The summed E-state index contributed by atoms with van der Waals surface area (Å²) in [5.41, 5.74) is -3.06. The molecule has 1 amide bonds. The van der Waals surface area contributed by atoms with Crippen molar-refractivity contribution in [2.75, 3.05) is 13.2 Å². The second-order valence-corrected chi connectivity index (χ2v) is 8.76. The zero-order valence-electron chi connectivity index (χ0n) is 18.2. The largest absolute Gasteiger partial charge is 0.481 e. The molecule has 1 N–H and O–H groups in total. The van der Waals surface area contributed by atoms with Crippen LogP contribution < -0.4 is 10.1 Å². The molecule has 0 radical (unpaired) electrons. The van der Waals surface area contributed by atoms with Crippen LogP contribution in [0.4, 0.5) is 17.6 Å². The van der Waals surface area contributed by atoms with Crippen LogP contribution in [0.25, 0.3) is 0 Å². The lowest BCUT2D eigenvalue weighted by Gasteiger charge is -2.35. The summed E-state index contributed by atoms with van der Waals surface area (Å²) in [6, 6.07) is 0.273. The van der Waals surface area contributed by atoms with E-state index in [-0.39, 0.29) is 30.4 Å². The third-order valence-electron chi connectivity index (χ3n) is 4.94. The highest BCUT2D eigenvalue weighted by molar-refractivity contribution is 5.93. The third-order valence-corrected chi connectivity index (χ3v) is 4.94. The van der Waals surface area contributed by atoms with Crippen LogP contribution in [0.5, 0.6) is 5.75 Å². The van der Waals surface area contributed by atoms with Gasteiger partial charge in [-0.2, -0.15) is 13.2 Å². The highest BCUT2D eigenvalue weighted by Crippen LogP contribution is 2.40. The van der Waals surface area contributed by atoms with Gasteiger partial charge in [-0.1, -0.05) is 20.8 Å². The maximum Gasteiger partial charge on any atom is 0.425 e. The Morgan fingerprint density at radius 1 is 1.25 bits per heavy atom. The molecule has 2 atom stereocenters. The van der Waals surface area contributed by atoms with E-state index in [0.29, 0.717) is 5.89 Å². The van der Waals surface area contributed by atoms with Crippen molar-refractivity contribution in [3.05, 3.63) is 35.3 Å². The Labute approximate surface area is 181 Å². The summed E-state index contributed by atoms with van der Waals surface area (Å²) in [6.45, 7) is 7.19. The van der Waals surface area contributed by atoms with Gasteiger partial charge in [0, 0.05) is 19.2 Å². The maximum atomic E-state index is 14.9. The summed E-state index contributed by atoms with van der Waals surface area (Å²) in [5.74, 6) is -0.688. The van der Waals surface area contributed by atoms with E-state index in [4.69, 9.17) is 13.9 Å². The van der Waals surface area contributed by atoms with Crippen LogP contribution in [0.2, 0.25) is 0 Å². The summed E-state index contributed by atoms with van der Waals surface area (Å²) < 4.78 is 69.4. The van der Waals surface area contributed by atoms with Gasteiger partial charge in [0.1, 0.15) is 17.5 Å². The first-order valence-electron chi connectivity index (χ1n) is 9.82. The van der Waals surface area contributed by atoms with E-state index in [2.05, 4.69) is 20.5 Å². The summed E-state index contributed by atoms with van der Waals surface area (Å²) in [5, 5.41) is 10.4. The average Bonchev–Trinajstić information content (AvgIpc) is 3.08. The molecule has 0 bridgehead atoms. The van der Waals surface area contributed by atoms with Gasteiger partial charge in [0.15, 0.2) is 11.8 Å². The van der Waals surface area contributed by atoms with Crippen molar-refractivity contribution in [3.8, 4) is 5.75 Å². The number of carbonyl (C=O) groups is 1. The number of aryl methyl sites for hydroxylation is 1. The summed E-state index contributed by atoms with van der Waals surface area (Å²) >= 11 is 0. The van der Waals surface area contributed by atoms with Gasteiger partial charge in [-0.05, 0) is 12.3 Å². The minimum atomic E-state index is -4.68. The molecule has 3 rings (SSSR count). The van der Waals surface area contributed by atoms with Crippen molar-refractivity contribution in [1.29, 1.82) is 0 Å². The molecule has 176 valence electrons. The van der Waals surface area contributed by atoms with E-state index in [1.165, 1.54) is 0 Å². The molecule has 1 unspecified atom stereocenters. The van der Waals surface area contributed by atoms with Crippen LogP contribution >= 0.6 is 0 Å². The van der Waals surface area contributed by atoms with Crippen LogP contribution in [0, 0.1) is 12.3 Å². The molecular weight excluding hydrogens is 436 g/mol. The number of hydrogen-bond acceptors (Lipinski definition) is 7. The second kappa shape index (κ2) is 8.30. The van der Waals surface area contributed by atoms with Gasteiger partial charge in [-0.25, -0.2) is 4.39 Å². The quantitative estimate of drug-likeness (QED) is 0.655. The van der Waals surface area contributed by atoms with Crippen LogP contribution in [0.15, 0.2) is 16.7 Å². The SMILES string of the molecule is Cc1nnc(C(NC(=O)c2cc(O[C@@H](C)C(F)(F)F)c(C3(F)COC3)cn2)C(C)(C)C)o1. The highest BCUT2D eigenvalue weighted by atomic mass is 19.4. The summed E-state index contributed by atoms with van der Waals surface area (Å²) in [7, 11) is 0. The first-order valence-corrected chi connectivity index (χ1v) is 9.82. The number of carbonyl (C=O) groups excluding carboxylic acids is 1. The van der Waals surface area contributed by atoms with Gasteiger partial charge in [-0.15, -0.1) is 10.2 Å². The minimum Gasteiger partial charge on any atom is -0.481 e. The smallest absolute Gasteiger partial charge is 0.425 e. The topological polar surface area (TPSA) is 99.4 Å². The van der Waals surface area contributed by atoms with Gasteiger partial charge in [0.25, 0.3) is 5.91 Å². The molecule has 1 aliphatic rings. The molecule has 1 fully saturated rings. The number of nitrogens with zero attached hydrogens (tertiary/aromatic N) is 3. The van der Waals surface area contributed by atoms with E-state index in [1.807, 2.05) is 20.8 Å². The standard InChI is InChI=1S/C20H24F4N4O4/c1-10(20(22,23)24)31-14-6-13(25-7-12(14)19(21)8-30-9-19)16(29)26-15(18(3,4)5)17-28-27-11(2)32-17/h6-7,10,15H,8-9H2,1-5H3,(H,26,29)/t10-,15?/m0/s1. The van der Waals surface area contributed by atoms with Gasteiger partial charge < -0.3 is 19.2 Å². The first-order chi connectivity index (χ1) is 14.7. The molecule has 1 aliphatic heterocycles. The van der Waals surface area contributed by atoms with Crippen molar-refractivity contribution in [1.82, 2.24) is 20.5 Å². The lowest BCUT2D eigenvalue weighted by molar-refractivity contribution is -0.190. The van der Waals surface area contributed by atoms with Gasteiger partial charge in [0.2, 0.25) is 11.8 Å². The Morgan fingerprint density at radius 2 is 1.91 bits per heavy atom. The minimum absolute atomic E-state index is 0.163. The number of amides is 1. The summed E-state index contributed by atoms with van der Waals surface area (Å²) in [6.07, 6.45) is -5.91. The number of nitrogens with one attached hydrogen (secondary N) is 1. The number of hydrogen-bond donors (Lipinski definition) is 1. The monoisotopic (exact) mass is 460 g/mol. The zero-order valence-corrected chi connectivity index (χ0v) is 18.2. The van der Waals surface area contributed by atoms with Gasteiger partial charge >= 0.3 is 6.18 Å². The molecular formula is C20H24F4N4O4. The summed E-state index contributed by atoms with van der Waals surface area (Å²) in [4.78, 5) is 16.9. The Balaban J connectivity index is 1.92. The molecule has 8 nitrogen and oxygen atoms in total. The highest BCUT2D eigenvalue weighted by Gasteiger charge is 2.45. The van der Waals surface area contributed by atoms with E-state index in [0.717, 1.165) is 19.2 Å². The van der Waals surface area contributed by atoms with Gasteiger partial charge in [0.05, 0.1) is 18.8 Å². The number of alkyl halides is 4. The van der Waals surface area contributed by atoms with Crippen molar-refractivity contribution in [3.63, 3.8) is 0 Å². The predicted octanol–water partition coefficient (Wildman–Crippen LogP) is 3.81. The molecule has 2 aromatic rings. The van der Waals surface area contributed by atoms with E-state index < -0.39 is 41.1 Å². The van der Waals surface area contributed by atoms with Crippen molar-refractivity contribution < 1.29 is 36.2 Å². The lowest BCUT2D eigenvalue weighted by atomic mass is 9.86. The van der Waals surface area contributed by atoms with E-state index >= 15 is 0 Å². The van der Waals surface area contributed by atoms with E-state index in [1.54, 1.807) is 6.92 Å². The molecule has 1 saturated heterocycles. The Bertz CT molecular complexity index is 983. The number of ether oxygens (including phenoxy) is 2. The fourth-order valence-electron chi connectivity index (χ4n) is 2.97. The molecule has 2 aromatic heterocycles. The predicted molar refractivity (Wildman–Crippen MR) is 103 cm³/mol. The van der Waals surface area contributed by atoms with Crippen molar-refractivity contribution >= 4 is 5.91 Å². The Morgan fingerprint density at radius 3 is 2.38 bits per heavy atom.